The Morgan fingerprint density at radius 3 is 2.38 bits per heavy atom. The van der Waals surface area contributed by atoms with E-state index >= 15 is 0 Å². The van der Waals surface area contributed by atoms with Crippen LogP contribution in [0.4, 0.5) is 18.9 Å². The van der Waals surface area contributed by atoms with Crippen LogP contribution in [0.5, 0.6) is 11.5 Å². The highest BCUT2D eigenvalue weighted by Crippen LogP contribution is 2.32. The standard InChI is InChI=1S/C23H17F3N2O3S/c1-15-12-13-27-22-20(15)6-3-7-21(22)31-18-10-8-17(9-11-18)28-32(29,30)19-5-2-4-16(14-19)23(24,25)26/h2-14,28H,1H3. The highest BCUT2D eigenvalue weighted by molar-refractivity contribution is 7.92. The van der Waals surface area contributed by atoms with Crippen LogP contribution in [0.15, 0.2) is 83.9 Å². The Hall–Kier alpha value is -3.59. The minimum absolute atomic E-state index is 0.182. The number of aromatic nitrogens is 1. The fourth-order valence-corrected chi connectivity index (χ4v) is 4.25. The van der Waals surface area contributed by atoms with E-state index in [9.17, 15) is 21.6 Å². The highest BCUT2D eigenvalue weighted by Gasteiger charge is 2.31. The molecule has 0 unspecified atom stereocenters. The molecule has 1 heterocycles. The molecule has 32 heavy (non-hydrogen) atoms. The molecule has 0 atom stereocenters. The summed E-state index contributed by atoms with van der Waals surface area (Å²) >= 11 is 0. The molecule has 5 nitrogen and oxygen atoms in total. The molecule has 3 aromatic carbocycles. The monoisotopic (exact) mass is 458 g/mol. The third-order valence-corrected chi connectivity index (χ3v) is 6.14. The summed E-state index contributed by atoms with van der Waals surface area (Å²) in [6.45, 7) is 1.97. The molecular formula is C23H17F3N2O3S. The Labute approximate surface area is 182 Å². The van der Waals surface area contributed by atoms with E-state index in [2.05, 4.69) is 9.71 Å². The normalized spacial score (nSPS) is 12.0. The number of aryl methyl sites for hydroxylation is 1. The molecule has 164 valence electrons. The Bertz CT molecular complexity index is 1390. The van der Waals surface area contributed by atoms with E-state index < -0.39 is 26.7 Å². The number of para-hydroxylation sites is 1. The Morgan fingerprint density at radius 1 is 0.938 bits per heavy atom. The summed E-state index contributed by atoms with van der Waals surface area (Å²) in [7, 11) is -4.20. The molecule has 0 saturated carbocycles. The summed E-state index contributed by atoms with van der Waals surface area (Å²) < 4.78 is 71.9. The van der Waals surface area contributed by atoms with Crippen LogP contribution in [0.2, 0.25) is 0 Å². The number of pyridine rings is 1. The summed E-state index contributed by atoms with van der Waals surface area (Å²) in [5.74, 6) is 0.992. The van der Waals surface area contributed by atoms with Gasteiger partial charge in [-0.2, -0.15) is 13.2 Å². The van der Waals surface area contributed by atoms with E-state index in [0.717, 1.165) is 29.1 Å². The Balaban J connectivity index is 1.54. The lowest BCUT2D eigenvalue weighted by Gasteiger charge is -2.12. The van der Waals surface area contributed by atoms with Crippen molar-refractivity contribution in [3.63, 3.8) is 0 Å². The van der Waals surface area contributed by atoms with Gasteiger partial charge in [-0.25, -0.2) is 8.42 Å². The van der Waals surface area contributed by atoms with Gasteiger partial charge in [0.05, 0.1) is 10.5 Å². The van der Waals surface area contributed by atoms with Crippen molar-refractivity contribution in [3.05, 3.63) is 90.1 Å². The lowest BCUT2D eigenvalue weighted by molar-refractivity contribution is -0.137. The van der Waals surface area contributed by atoms with Crippen molar-refractivity contribution in [1.29, 1.82) is 0 Å². The Morgan fingerprint density at radius 2 is 1.66 bits per heavy atom. The molecule has 0 aliphatic heterocycles. The quantitative estimate of drug-likeness (QED) is 0.389. The predicted molar refractivity (Wildman–Crippen MR) is 115 cm³/mol. The van der Waals surface area contributed by atoms with Gasteiger partial charge in [0.25, 0.3) is 10.0 Å². The lowest BCUT2D eigenvalue weighted by atomic mass is 10.1. The second kappa shape index (κ2) is 8.16. The number of anilines is 1. The van der Waals surface area contributed by atoms with E-state index in [4.69, 9.17) is 4.74 Å². The molecule has 0 aliphatic carbocycles. The molecule has 0 bridgehead atoms. The zero-order valence-corrected chi connectivity index (χ0v) is 17.5. The molecule has 4 rings (SSSR count). The lowest BCUT2D eigenvalue weighted by Crippen LogP contribution is -2.14. The van der Waals surface area contributed by atoms with Crippen molar-refractivity contribution in [2.45, 2.75) is 18.0 Å². The minimum atomic E-state index is -4.64. The SMILES string of the molecule is Cc1ccnc2c(Oc3ccc(NS(=O)(=O)c4cccc(C(F)(F)F)c4)cc3)cccc12. The van der Waals surface area contributed by atoms with Crippen LogP contribution in [0.25, 0.3) is 10.9 Å². The maximum atomic E-state index is 12.9. The topological polar surface area (TPSA) is 68.3 Å². The minimum Gasteiger partial charge on any atom is -0.455 e. The summed E-state index contributed by atoms with van der Waals surface area (Å²) in [4.78, 5) is 3.88. The first kappa shape index (κ1) is 21.6. The number of hydrogen-bond acceptors (Lipinski definition) is 4. The van der Waals surface area contributed by atoms with Crippen molar-refractivity contribution in [2.75, 3.05) is 4.72 Å². The van der Waals surface area contributed by atoms with E-state index in [1.54, 1.807) is 24.4 Å². The van der Waals surface area contributed by atoms with Crippen molar-refractivity contribution in [2.24, 2.45) is 0 Å². The first-order valence-electron chi connectivity index (χ1n) is 9.46. The van der Waals surface area contributed by atoms with Gasteiger partial charge in [-0.15, -0.1) is 0 Å². The summed E-state index contributed by atoms with van der Waals surface area (Å²) in [6.07, 6.45) is -2.95. The zero-order chi connectivity index (χ0) is 22.9. The van der Waals surface area contributed by atoms with Gasteiger partial charge in [-0.05, 0) is 67.1 Å². The van der Waals surface area contributed by atoms with Crippen LogP contribution in [0.3, 0.4) is 0 Å². The number of benzene rings is 3. The van der Waals surface area contributed by atoms with Gasteiger partial charge in [0.15, 0.2) is 5.75 Å². The first-order valence-corrected chi connectivity index (χ1v) is 10.9. The number of ether oxygens (including phenoxy) is 1. The second-order valence-corrected chi connectivity index (χ2v) is 8.72. The van der Waals surface area contributed by atoms with E-state index in [1.807, 2.05) is 25.1 Å². The van der Waals surface area contributed by atoms with E-state index in [-0.39, 0.29) is 5.69 Å². The summed E-state index contributed by atoms with van der Waals surface area (Å²) in [6, 6.07) is 17.1. The second-order valence-electron chi connectivity index (χ2n) is 7.04. The third kappa shape index (κ3) is 4.52. The highest BCUT2D eigenvalue weighted by atomic mass is 32.2. The van der Waals surface area contributed by atoms with Gasteiger partial charge in [0.1, 0.15) is 11.3 Å². The number of halogens is 3. The van der Waals surface area contributed by atoms with Crippen molar-refractivity contribution in [1.82, 2.24) is 4.98 Å². The number of hydrogen-bond donors (Lipinski definition) is 1. The molecule has 9 heteroatoms. The number of nitrogens with zero attached hydrogens (tertiary/aromatic N) is 1. The van der Waals surface area contributed by atoms with Crippen LogP contribution >= 0.6 is 0 Å². The van der Waals surface area contributed by atoms with Gasteiger partial charge in [0, 0.05) is 17.3 Å². The maximum Gasteiger partial charge on any atom is 0.416 e. The number of fused-ring (bicyclic) bond motifs is 1. The van der Waals surface area contributed by atoms with Crippen molar-refractivity contribution in [3.8, 4) is 11.5 Å². The fraction of sp³-hybridized carbons (Fsp3) is 0.0870. The molecule has 0 amide bonds. The number of sulfonamides is 1. The fourth-order valence-electron chi connectivity index (χ4n) is 3.14. The van der Waals surface area contributed by atoms with Crippen LogP contribution in [-0.4, -0.2) is 13.4 Å². The number of nitrogens with one attached hydrogen (secondary N) is 1. The van der Waals surface area contributed by atoms with Gasteiger partial charge >= 0.3 is 6.18 Å². The van der Waals surface area contributed by atoms with Gasteiger partial charge < -0.3 is 4.74 Å². The maximum absolute atomic E-state index is 12.9. The molecule has 4 aromatic rings. The Kier molecular flexibility index (Phi) is 5.52. The van der Waals surface area contributed by atoms with Crippen LogP contribution in [0, 0.1) is 6.92 Å². The van der Waals surface area contributed by atoms with Crippen molar-refractivity contribution >= 4 is 26.6 Å². The zero-order valence-electron chi connectivity index (χ0n) is 16.7. The molecule has 0 radical (unpaired) electrons. The molecule has 0 spiro atoms. The molecule has 0 fully saturated rings. The molecular weight excluding hydrogens is 441 g/mol. The average Bonchev–Trinajstić information content (AvgIpc) is 2.75. The number of rotatable bonds is 5. The molecule has 1 N–H and O–H groups in total. The van der Waals surface area contributed by atoms with Crippen LogP contribution in [-0.2, 0) is 16.2 Å². The van der Waals surface area contributed by atoms with Crippen LogP contribution < -0.4 is 9.46 Å². The van der Waals surface area contributed by atoms with Gasteiger partial charge in [0.2, 0.25) is 0 Å². The van der Waals surface area contributed by atoms with E-state index in [0.29, 0.717) is 23.1 Å². The first-order chi connectivity index (χ1) is 15.1. The molecule has 0 aliphatic rings. The third-order valence-electron chi connectivity index (χ3n) is 4.76. The summed E-state index contributed by atoms with van der Waals surface area (Å²) in [5, 5.41) is 0.954. The summed E-state index contributed by atoms with van der Waals surface area (Å²) in [5.41, 5.74) is 0.895. The number of alkyl halides is 3. The van der Waals surface area contributed by atoms with Gasteiger partial charge in [-0.3, -0.25) is 9.71 Å². The van der Waals surface area contributed by atoms with Crippen LogP contribution in [0.1, 0.15) is 11.1 Å². The largest absolute Gasteiger partial charge is 0.455 e. The molecule has 1 aromatic heterocycles. The van der Waals surface area contributed by atoms with Gasteiger partial charge in [-0.1, -0.05) is 18.2 Å². The van der Waals surface area contributed by atoms with Crippen molar-refractivity contribution < 1.29 is 26.3 Å². The predicted octanol–water partition coefficient (Wildman–Crippen LogP) is 6.16. The smallest absolute Gasteiger partial charge is 0.416 e. The average molecular weight is 458 g/mol. The van der Waals surface area contributed by atoms with E-state index in [1.165, 1.54) is 12.1 Å². The molecule has 0 saturated heterocycles.